The lowest BCUT2D eigenvalue weighted by atomic mass is 9.98. The molecule has 4 aromatic rings. The number of pyridine rings is 2. The summed E-state index contributed by atoms with van der Waals surface area (Å²) in [4.78, 5) is 8.75. The van der Waals surface area contributed by atoms with Crippen molar-refractivity contribution in [3.05, 3.63) is 60.7 Å². The average Bonchev–Trinajstić information content (AvgIpc) is 2.86. The van der Waals surface area contributed by atoms with Crippen LogP contribution >= 0.6 is 0 Å². The van der Waals surface area contributed by atoms with Gasteiger partial charge in [-0.25, -0.2) is 0 Å². The van der Waals surface area contributed by atoms with Gasteiger partial charge in [0.15, 0.2) is 0 Å². The Hall–Kier alpha value is -2.68. The Morgan fingerprint density at radius 3 is 2.81 bits per heavy atom. The molecule has 3 heterocycles. The molecular formula is C18H15N3. The normalized spacial score (nSPS) is 11.3. The van der Waals surface area contributed by atoms with Gasteiger partial charge in [-0.3, -0.25) is 9.97 Å². The summed E-state index contributed by atoms with van der Waals surface area (Å²) >= 11 is 0. The third-order valence-corrected chi connectivity index (χ3v) is 4.11. The van der Waals surface area contributed by atoms with Crippen molar-refractivity contribution < 1.29 is 0 Å². The van der Waals surface area contributed by atoms with Gasteiger partial charge in [0.2, 0.25) is 0 Å². The highest BCUT2D eigenvalue weighted by molar-refractivity contribution is 5.99. The van der Waals surface area contributed by atoms with Crippen LogP contribution in [0.4, 0.5) is 0 Å². The van der Waals surface area contributed by atoms with Crippen molar-refractivity contribution in [2.75, 3.05) is 0 Å². The fourth-order valence-corrected chi connectivity index (χ4v) is 3.03. The maximum atomic E-state index is 4.53. The van der Waals surface area contributed by atoms with Crippen molar-refractivity contribution in [3.63, 3.8) is 0 Å². The largest absolute Gasteiger partial charge is 0.349 e. The second kappa shape index (κ2) is 4.42. The molecule has 102 valence electrons. The second-order valence-electron chi connectivity index (χ2n) is 5.36. The van der Waals surface area contributed by atoms with E-state index in [4.69, 9.17) is 0 Å². The van der Waals surface area contributed by atoms with Gasteiger partial charge in [-0.1, -0.05) is 18.2 Å². The molecule has 0 unspecified atom stereocenters. The number of nitrogens with zero attached hydrogens (tertiary/aromatic N) is 3. The van der Waals surface area contributed by atoms with Crippen molar-refractivity contribution in [1.82, 2.24) is 14.5 Å². The summed E-state index contributed by atoms with van der Waals surface area (Å²) < 4.78 is 2.12. The van der Waals surface area contributed by atoms with E-state index < -0.39 is 0 Å². The van der Waals surface area contributed by atoms with Gasteiger partial charge in [0.25, 0.3) is 0 Å². The maximum absolute atomic E-state index is 4.53. The van der Waals surface area contributed by atoms with E-state index in [0.29, 0.717) is 0 Å². The molecule has 0 saturated heterocycles. The number of aromatic nitrogens is 3. The Bertz CT molecular complexity index is 967. The molecule has 0 atom stereocenters. The van der Waals surface area contributed by atoms with Crippen molar-refractivity contribution in [2.45, 2.75) is 6.92 Å². The van der Waals surface area contributed by atoms with E-state index in [2.05, 4.69) is 59.0 Å². The van der Waals surface area contributed by atoms with Crippen LogP contribution < -0.4 is 0 Å². The number of aryl methyl sites for hydroxylation is 2. The van der Waals surface area contributed by atoms with E-state index >= 15 is 0 Å². The Balaban J connectivity index is 2.07. The van der Waals surface area contributed by atoms with Gasteiger partial charge in [-0.15, -0.1) is 0 Å². The molecule has 0 N–H and O–H groups in total. The highest BCUT2D eigenvalue weighted by atomic mass is 14.9. The third kappa shape index (κ3) is 1.74. The van der Waals surface area contributed by atoms with Crippen LogP contribution in [0.15, 0.2) is 55.1 Å². The molecule has 0 saturated carbocycles. The summed E-state index contributed by atoms with van der Waals surface area (Å²) in [5, 5.41) is 2.41. The van der Waals surface area contributed by atoms with E-state index in [1.54, 1.807) is 0 Å². The zero-order valence-corrected chi connectivity index (χ0v) is 12.0. The molecule has 0 aliphatic carbocycles. The topological polar surface area (TPSA) is 30.7 Å². The van der Waals surface area contributed by atoms with Crippen LogP contribution in [-0.4, -0.2) is 14.5 Å². The van der Waals surface area contributed by atoms with Crippen LogP contribution in [0.2, 0.25) is 0 Å². The lowest BCUT2D eigenvalue weighted by Gasteiger charge is -2.08. The molecule has 21 heavy (non-hydrogen) atoms. The van der Waals surface area contributed by atoms with Gasteiger partial charge in [-0.05, 0) is 30.2 Å². The van der Waals surface area contributed by atoms with Crippen molar-refractivity contribution in [3.8, 4) is 11.1 Å². The van der Waals surface area contributed by atoms with E-state index in [-0.39, 0.29) is 0 Å². The van der Waals surface area contributed by atoms with Crippen LogP contribution in [0.25, 0.3) is 32.9 Å². The molecule has 0 bridgehead atoms. The standard InChI is InChI=1S/C18H15N3/c1-12-14(6-5-13-4-3-8-20-18(12)13)16-11-21(2)17-10-19-9-7-15(16)17/h3-11H,1-2H3. The highest BCUT2D eigenvalue weighted by Crippen LogP contribution is 2.34. The van der Waals surface area contributed by atoms with Crippen LogP contribution in [-0.2, 0) is 7.05 Å². The van der Waals surface area contributed by atoms with Gasteiger partial charge in [0.05, 0.1) is 17.2 Å². The molecule has 3 nitrogen and oxygen atoms in total. The first kappa shape index (κ1) is 12.1. The van der Waals surface area contributed by atoms with Crippen molar-refractivity contribution >= 4 is 21.8 Å². The number of fused-ring (bicyclic) bond motifs is 2. The molecular weight excluding hydrogens is 258 g/mol. The smallest absolute Gasteiger partial charge is 0.0737 e. The highest BCUT2D eigenvalue weighted by Gasteiger charge is 2.12. The Labute approximate surface area is 122 Å². The van der Waals surface area contributed by atoms with Gasteiger partial charge in [-0.2, -0.15) is 0 Å². The summed E-state index contributed by atoms with van der Waals surface area (Å²) in [5.74, 6) is 0. The quantitative estimate of drug-likeness (QED) is 0.523. The SMILES string of the molecule is Cc1c(-c2cn(C)c3cnccc23)ccc2cccnc12. The van der Waals surface area contributed by atoms with Gasteiger partial charge < -0.3 is 4.57 Å². The number of hydrogen-bond donors (Lipinski definition) is 0. The molecule has 0 amide bonds. The Morgan fingerprint density at radius 2 is 1.90 bits per heavy atom. The van der Waals surface area contributed by atoms with Crippen molar-refractivity contribution in [1.29, 1.82) is 0 Å². The lowest BCUT2D eigenvalue weighted by Crippen LogP contribution is -1.87. The molecule has 0 spiro atoms. The first-order valence-electron chi connectivity index (χ1n) is 6.99. The zero-order chi connectivity index (χ0) is 14.4. The van der Waals surface area contributed by atoms with Crippen LogP contribution in [0.5, 0.6) is 0 Å². The zero-order valence-electron chi connectivity index (χ0n) is 12.0. The minimum atomic E-state index is 1.07. The van der Waals surface area contributed by atoms with Crippen molar-refractivity contribution in [2.24, 2.45) is 7.05 Å². The molecule has 3 aromatic heterocycles. The first-order chi connectivity index (χ1) is 10.3. The molecule has 1 aromatic carbocycles. The van der Waals surface area contributed by atoms with E-state index in [1.807, 2.05) is 24.7 Å². The lowest BCUT2D eigenvalue weighted by molar-refractivity contribution is 0.966. The summed E-state index contributed by atoms with van der Waals surface area (Å²) in [5.41, 5.74) is 5.91. The van der Waals surface area contributed by atoms with Gasteiger partial charge in [0.1, 0.15) is 0 Å². The molecule has 3 heteroatoms. The van der Waals surface area contributed by atoms with Crippen LogP contribution in [0, 0.1) is 6.92 Å². The Kier molecular flexibility index (Phi) is 2.54. The fourth-order valence-electron chi connectivity index (χ4n) is 3.03. The summed E-state index contributed by atoms with van der Waals surface area (Å²) in [7, 11) is 2.06. The van der Waals surface area contributed by atoms with E-state index in [0.717, 1.165) is 11.0 Å². The van der Waals surface area contributed by atoms with Crippen LogP contribution in [0.1, 0.15) is 5.56 Å². The second-order valence-corrected chi connectivity index (χ2v) is 5.36. The van der Waals surface area contributed by atoms with Gasteiger partial charge >= 0.3 is 0 Å². The maximum Gasteiger partial charge on any atom is 0.0737 e. The average molecular weight is 273 g/mol. The molecule has 0 fully saturated rings. The first-order valence-corrected chi connectivity index (χ1v) is 6.99. The number of hydrogen-bond acceptors (Lipinski definition) is 2. The molecule has 0 radical (unpaired) electrons. The minimum absolute atomic E-state index is 1.07. The van der Waals surface area contributed by atoms with Crippen LogP contribution in [0.3, 0.4) is 0 Å². The predicted molar refractivity (Wildman–Crippen MR) is 86.2 cm³/mol. The summed E-state index contributed by atoms with van der Waals surface area (Å²) in [6.45, 7) is 2.14. The fraction of sp³-hybridized carbons (Fsp3) is 0.111. The van der Waals surface area contributed by atoms with Gasteiger partial charge in [0, 0.05) is 42.0 Å². The number of benzene rings is 1. The minimum Gasteiger partial charge on any atom is -0.349 e. The Morgan fingerprint density at radius 1 is 1.00 bits per heavy atom. The monoisotopic (exact) mass is 273 g/mol. The molecule has 0 aliphatic rings. The third-order valence-electron chi connectivity index (χ3n) is 4.11. The predicted octanol–water partition coefficient (Wildman–Crippen LogP) is 4.10. The number of rotatable bonds is 1. The molecule has 4 rings (SSSR count). The molecule has 0 aliphatic heterocycles. The van der Waals surface area contributed by atoms with E-state index in [9.17, 15) is 0 Å². The summed E-state index contributed by atoms with van der Waals surface area (Å²) in [6, 6.07) is 10.5. The summed E-state index contributed by atoms with van der Waals surface area (Å²) in [6.07, 6.45) is 7.78. The van der Waals surface area contributed by atoms with E-state index in [1.165, 1.54) is 27.5 Å².